The number of para-hydroxylation sites is 1. The van der Waals surface area contributed by atoms with Crippen LogP contribution in [0.3, 0.4) is 0 Å². The predicted molar refractivity (Wildman–Crippen MR) is 76.9 cm³/mol. The summed E-state index contributed by atoms with van der Waals surface area (Å²) in [5.41, 5.74) is 4.48. The maximum absolute atomic E-state index is 2.61. The summed E-state index contributed by atoms with van der Waals surface area (Å²) in [4.78, 5) is 2.61. The molecule has 0 fully saturated rings. The molecule has 1 unspecified atom stereocenters. The van der Waals surface area contributed by atoms with Gasteiger partial charge in [-0.15, -0.1) is 0 Å². The molecule has 2 aromatic rings. The van der Waals surface area contributed by atoms with Gasteiger partial charge in [-0.1, -0.05) is 25.1 Å². The van der Waals surface area contributed by atoms with Crippen LogP contribution in [0.4, 0.5) is 0 Å². The van der Waals surface area contributed by atoms with Crippen molar-refractivity contribution in [2.75, 3.05) is 13.1 Å². The third kappa shape index (κ3) is 1.59. The minimum absolute atomic E-state index is 0.547. The lowest BCUT2D eigenvalue weighted by Crippen LogP contribution is -2.35. The molecule has 2 heteroatoms. The molecule has 0 saturated carbocycles. The van der Waals surface area contributed by atoms with Gasteiger partial charge in [0.2, 0.25) is 0 Å². The molecule has 1 atom stereocenters. The minimum atomic E-state index is 0.547. The Morgan fingerprint density at radius 2 is 2.06 bits per heavy atom. The van der Waals surface area contributed by atoms with E-state index in [1.165, 1.54) is 42.5 Å². The zero-order valence-corrected chi connectivity index (χ0v) is 11.6. The highest BCUT2D eigenvalue weighted by molar-refractivity contribution is 5.86. The molecule has 0 spiro atoms. The highest BCUT2D eigenvalue weighted by Gasteiger charge is 2.28. The molecule has 0 saturated heterocycles. The number of hydrogen-bond acceptors (Lipinski definition) is 1. The Kier molecular flexibility index (Phi) is 2.90. The van der Waals surface area contributed by atoms with Crippen molar-refractivity contribution < 1.29 is 0 Å². The van der Waals surface area contributed by atoms with Crippen LogP contribution in [0.1, 0.15) is 37.6 Å². The maximum Gasteiger partial charge on any atom is 0.0483 e. The summed E-state index contributed by atoms with van der Waals surface area (Å²) in [5.74, 6) is 0. The van der Waals surface area contributed by atoms with Crippen LogP contribution in [-0.4, -0.2) is 22.6 Å². The molecule has 96 valence electrons. The van der Waals surface area contributed by atoms with Gasteiger partial charge < -0.3 is 4.57 Å². The normalized spacial score (nSPS) is 20.3. The Morgan fingerprint density at radius 1 is 1.28 bits per heavy atom. The second-order valence-corrected chi connectivity index (χ2v) is 5.40. The van der Waals surface area contributed by atoms with E-state index in [0.29, 0.717) is 6.04 Å². The van der Waals surface area contributed by atoms with Crippen molar-refractivity contribution in [2.45, 2.75) is 32.7 Å². The lowest BCUT2D eigenvalue weighted by molar-refractivity contribution is 0.193. The summed E-state index contributed by atoms with van der Waals surface area (Å²) in [6, 6.07) is 9.36. The Hall–Kier alpha value is -1.28. The van der Waals surface area contributed by atoms with Crippen LogP contribution < -0.4 is 0 Å². The second kappa shape index (κ2) is 4.43. The number of rotatable bonds is 2. The Balaban J connectivity index is 2.15. The fourth-order valence-electron chi connectivity index (χ4n) is 3.50. The SMILES string of the molecule is CCCN1CCc2c(n(C)c3ccccc23)C1C. The predicted octanol–water partition coefficient (Wildman–Crippen LogP) is 3.51. The van der Waals surface area contributed by atoms with E-state index in [1.807, 2.05) is 0 Å². The molecule has 0 N–H and O–H groups in total. The number of aromatic nitrogens is 1. The summed E-state index contributed by atoms with van der Waals surface area (Å²) in [5, 5.41) is 1.46. The molecule has 1 aliphatic rings. The molecular weight excluding hydrogens is 220 g/mol. The van der Waals surface area contributed by atoms with E-state index in [9.17, 15) is 0 Å². The average molecular weight is 242 g/mol. The van der Waals surface area contributed by atoms with Crippen molar-refractivity contribution in [2.24, 2.45) is 7.05 Å². The van der Waals surface area contributed by atoms with Crippen molar-refractivity contribution in [3.63, 3.8) is 0 Å². The van der Waals surface area contributed by atoms with Crippen molar-refractivity contribution in [3.05, 3.63) is 35.5 Å². The number of fused-ring (bicyclic) bond motifs is 3. The van der Waals surface area contributed by atoms with Gasteiger partial charge in [0.05, 0.1) is 0 Å². The van der Waals surface area contributed by atoms with Crippen LogP contribution in [0.2, 0.25) is 0 Å². The first-order chi connectivity index (χ1) is 8.74. The van der Waals surface area contributed by atoms with E-state index in [-0.39, 0.29) is 0 Å². The summed E-state index contributed by atoms with van der Waals surface area (Å²) < 4.78 is 2.40. The molecule has 0 amide bonds. The lowest BCUT2D eigenvalue weighted by Gasteiger charge is -2.34. The number of hydrogen-bond donors (Lipinski definition) is 0. The molecule has 18 heavy (non-hydrogen) atoms. The zero-order chi connectivity index (χ0) is 12.7. The summed E-state index contributed by atoms with van der Waals surface area (Å²) in [7, 11) is 2.22. The molecule has 0 bridgehead atoms. The summed E-state index contributed by atoms with van der Waals surface area (Å²) in [6.45, 7) is 7.04. The monoisotopic (exact) mass is 242 g/mol. The molecule has 1 aromatic heterocycles. The quantitative estimate of drug-likeness (QED) is 0.782. The van der Waals surface area contributed by atoms with E-state index in [2.05, 4.69) is 54.6 Å². The highest BCUT2D eigenvalue weighted by Crippen LogP contribution is 2.36. The van der Waals surface area contributed by atoms with Gasteiger partial charge in [-0.3, -0.25) is 4.90 Å². The molecule has 3 rings (SSSR count). The second-order valence-electron chi connectivity index (χ2n) is 5.40. The van der Waals surface area contributed by atoms with Crippen LogP contribution in [0, 0.1) is 0 Å². The molecule has 2 heterocycles. The van der Waals surface area contributed by atoms with Gasteiger partial charge in [0.25, 0.3) is 0 Å². The van der Waals surface area contributed by atoms with Crippen molar-refractivity contribution in [3.8, 4) is 0 Å². The number of benzene rings is 1. The van der Waals surface area contributed by atoms with Gasteiger partial charge >= 0.3 is 0 Å². The minimum Gasteiger partial charge on any atom is -0.346 e. The van der Waals surface area contributed by atoms with Gasteiger partial charge in [-0.25, -0.2) is 0 Å². The van der Waals surface area contributed by atoms with Gasteiger partial charge in [0.1, 0.15) is 0 Å². The molecule has 0 radical (unpaired) electrons. The van der Waals surface area contributed by atoms with Gasteiger partial charge in [0.15, 0.2) is 0 Å². The topological polar surface area (TPSA) is 8.17 Å². The van der Waals surface area contributed by atoms with E-state index >= 15 is 0 Å². The van der Waals surface area contributed by atoms with Crippen LogP contribution in [0.15, 0.2) is 24.3 Å². The molecule has 1 aromatic carbocycles. The van der Waals surface area contributed by atoms with Crippen LogP contribution in [0.25, 0.3) is 10.9 Å². The summed E-state index contributed by atoms with van der Waals surface area (Å²) >= 11 is 0. The van der Waals surface area contributed by atoms with Crippen LogP contribution >= 0.6 is 0 Å². The zero-order valence-electron chi connectivity index (χ0n) is 11.6. The summed E-state index contributed by atoms with van der Waals surface area (Å²) in [6.07, 6.45) is 2.44. The van der Waals surface area contributed by atoms with E-state index in [1.54, 1.807) is 5.56 Å². The third-order valence-electron chi connectivity index (χ3n) is 4.36. The van der Waals surface area contributed by atoms with Crippen molar-refractivity contribution in [1.29, 1.82) is 0 Å². The molecular formula is C16H22N2. The van der Waals surface area contributed by atoms with E-state index < -0.39 is 0 Å². The smallest absolute Gasteiger partial charge is 0.0483 e. The Bertz CT molecular complexity index is 568. The first kappa shape index (κ1) is 11.8. The Morgan fingerprint density at radius 3 is 2.83 bits per heavy atom. The molecule has 0 aliphatic carbocycles. The maximum atomic E-state index is 2.61. The Labute approximate surface area is 109 Å². The standard InChI is InChI=1S/C16H22N2/c1-4-10-18-11-9-14-13-7-5-6-8-15(13)17(3)16(14)12(18)2/h5-8,12H,4,9-11H2,1-3H3. The fraction of sp³-hybridized carbons (Fsp3) is 0.500. The number of nitrogens with zero attached hydrogens (tertiary/aromatic N) is 2. The average Bonchev–Trinajstić information content (AvgIpc) is 2.68. The van der Waals surface area contributed by atoms with Crippen molar-refractivity contribution >= 4 is 10.9 Å². The van der Waals surface area contributed by atoms with Gasteiger partial charge in [-0.05, 0) is 37.9 Å². The van der Waals surface area contributed by atoms with E-state index in [0.717, 1.165) is 0 Å². The molecule has 1 aliphatic heterocycles. The third-order valence-corrected chi connectivity index (χ3v) is 4.36. The van der Waals surface area contributed by atoms with Crippen LogP contribution in [0.5, 0.6) is 0 Å². The first-order valence-electron chi connectivity index (χ1n) is 7.04. The number of aryl methyl sites for hydroxylation is 1. The first-order valence-corrected chi connectivity index (χ1v) is 7.04. The highest BCUT2D eigenvalue weighted by atomic mass is 15.2. The molecule has 2 nitrogen and oxygen atoms in total. The fourth-order valence-corrected chi connectivity index (χ4v) is 3.50. The lowest BCUT2D eigenvalue weighted by atomic mass is 9.98. The van der Waals surface area contributed by atoms with Gasteiger partial charge in [0, 0.05) is 36.2 Å². The van der Waals surface area contributed by atoms with Gasteiger partial charge in [-0.2, -0.15) is 0 Å². The van der Waals surface area contributed by atoms with Crippen molar-refractivity contribution in [1.82, 2.24) is 9.47 Å². The largest absolute Gasteiger partial charge is 0.346 e. The van der Waals surface area contributed by atoms with E-state index in [4.69, 9.17) is 0 Å². The van der Waals surface area contributed by atoms with Crippen LogP contribution in [-0.2, 0) is 13.5 Å².